The molecule has 3 aromatic heterocycles. The van der Waals surface area contributed by atoms with E-state index in [0.717, 1.165) is 0 Å². The number of hydrogen-bond acceptors (Lipinski definition) is 7. The van der Waals surface area contributed by atoms with Crippen LogP contribution >= 0.6 is 0 Å². The second-order valence-corrected chi connectivity index (χ2v) is 7.92. The number of halogens is 3. The van der Waals surface area contributed by atoms with Gasteiger partial charge in [0.15, 0.2) is 0 Å². The maximum absolute atomic E-state index is 14.6. The minimum absolute atomic E-state index is 0.0568. The second kappa shape index (κ2) is 8.76. The third-order valence-corrected chi connectivity index (χ3v) is 5.76. The number of anilines is 1. The number of nitrogens with one attached hydrogen (secondary N) is 1. The molecule has 9 nitrogen and oxygen atoms in total. The number of ether oxygens (including phenoxy) is 1. The van der Waals surface area contributed by atoms with Gasteiger partial charge in [-0.25, -0.2) is 8.91 Å². The molecule has 1 aromatic carbocycles. The van der Waals surface area contributed by atoms with Crippen LogP contribution in [0.5, 0.6) is 5.88 Å². The summed E-state index contributed by atoms with van der Waals surface area (Å²) in [6, 6.07) is 6.38. The molecule has 1 saturated heterocycles. The molecule has 1 fully saturated rings. The molecule has 12 heteroatoms. The van der Waals surface area contributed by atoms with E-state index in [0.29, 0.717) is 35.1 Å². The Labute approximate surface area is 191 Å². The Hall–Kier alpha value is -3.96. The highest BCUT2D eigenvalue weighted by atomic mass is 19.3. The average Bonchev–Trinajstić information content (AvgIpc) is 3.24. The molecule has 0 aliphatic carbocycles. The summed E-state index contributed by atoms with van der Waals surface area (Å²) in [5.41, 5.74) is 2.82. The van der Waals surface area contributed by atoms with Crippen molar-refractivity contribution in [2.75, 3.05) is 18.4 Å². The van der Waals surface area contributed by atoms with Crippen molar-refractivity contribution in [3.63, 3.8) is 0 Å². The van der Waals surface area contributed by atoms with Crippen LogP contribution < -0.4 is 10.1 Å². The number of alkyl halides is 3. The average molecular weight is 471 g/mol. The summed E-state index contributed by atoms with van der Waals surface area (Å²) < 4.78 is 47.2. The Kier molecular flexibility index (Phi) is 5.64. The van der Waals surface area contributed by atoms with Gasteiger partial charge in [-0.15, -0.1) is 5.10 Å². The maximum atomic E-state index is 14.6. The number of carbonyl (C=O) groups excluding carboxylic acids is 1. The summed E-state index contributed by atoms with van der Waals surface area (Å²) in [6.45, 7) is -1.43. The van der Waals surface area contributed by atoms with E-state index in [1.807, 2.05) is 0 Å². The fourth-order valence-electron chi connectivity index (χ4n) is 4.10. The highest BCUT2D eigenvalue weighted by Gasteiger charge is 2.31. The Morgan fingerprint density at radius 2 is 2.00 bits per heavy atom. The first-order valence-electron chi connectivity index (χ1n) is 10.6. The molecule has 1 aliphatic rings. The molecule has 5 rings (SSSR count). The summed E-state index contributed by atoms with van der Waals surface area (Å²) in [5, 5.41) is 7.20. The molecule has 0 unspecified atom stereocenters. The van der Waals surface area contributed by atoms with E-state index < -0.39 is 18.8 Å². The van der Waals surface area contributed by atoms with Crippen molar-refractivity contribution in [2.45, 2.75) is 32.2 Å². The number of rotatable bonds is 5. The third-order valence-electron chi connectivity index (χ3n) is 5.76. The van der Waals surface area contributed by atoms with E-state index >= 15 is 0 Å². The molecule has 4 heterocycles. The molecule has 0 saturated carbocycles. The van der Waals surface area contributed by atoms with Gasteiger partial charge in [0.25, 0.3) is 0 Å². The Morgan fingerprint density at radius 3 is 2.74 bits per heavy atom. The first-order chi connectivity index (χ1) is 16.4. The van der Waals surface area contributed by atoms with E-state index in [9.17, 15) is 18.0 Å². The van der Waals surface area contributed by atoms with Crippen LogP contribution in [-0.4, -0.2) is 67.3 Å². The van der Waals surface area contributed by atoms with Gasteiger partial charge in [0.05, 0.1) is 23.6 Å². The lowest BCUT2D eigenvalue weighted by molar-refractivity contribution is -0.131. The summed E-state index contributed by atoms with van der Waals surface area (Å²) >= 11 is 0. The molecule has 0 radical (unpaired) electrons. The van der Waals surface area contributed by atoms with E-state index in [1.165, 1.54) is 16.3 Å². The minimum Gasteiger partial charge on any atom is -0.414 e. The smallest absolute Gasteiger partial charge is 0.388 e. The van der Waals surface area contributed by atoms with Crippen LogP contribution in [0.15, 0.2) is 42.9 Å². The van der Waals surface area contributed by atoms with Crippen molar-refractivity contribution in [3.05, 3.63) is 42.9 Å². The van der Waals surface area contributed by atoms with Gasteiger partial charge in [-0.05, 0) is 30.2 Å². The van der Waals surface area contributed by atoms with E-state index in [2.05, 4.69) is 25.4 Å². The van der Waals surface area contributed by atoms with Gasteiger partial charge in [0.2, 0.25) is 17.7 Å². The number of fused-ring (bicyclic) bond motifs is 2. The Morgan fingerprint density at radius 1 is 1.21 bits per heavy atom. The number of carbonyl (C=O) groups is 1. The number of aromatic nitrogens is 5. The fourth-order valence-corrected chi connectivity index (χ4v) is 4.10. The van der Waals surface area contributed by atoms with Crippen LogP contribution in [0.2, 0.25) is 0 Å². The first kappa shape index (κ1) is 21.9. The molecule has 2 atom stereocenters. The van der Waals surface area contributed by atoms with Crippen LogP contribution in [0.1, 0.15) is 13.3 Å². The molecule has 1 amide bonds. The van der Waals surface area contributed by atoms with E-state index in [4.69, 9.17) is 4.74 Å². The Bertz CT molecular complexity index is 1360. The maximum Gasteiger partial charge on any atom is 0.388 e. The molecule has 0 bridgehead atoms. The van der Waals surface area contributed by atoms with Crippen molar-refractivity contribution in [3.8, 4) is 17.0 Å². The summed E-state index contributed by atoms with van der Waals surface area (Å²) in [7, 11) is 0. The molecule has 0 spiro atoms. The molecule has 34 heavy (non-hydrogen) atoms. The van der Waals surface area contributed by atoms with Crippen molar-refractivity contribution >= 4 is 28.4 Å². The molecular weight excluding hydrogens is 451 g/mol. The highest BCUT2D eigenvalue weighted by Crippen LogP contribution is 2.33. The SMILES string of the molecule is CC(=O)N1CC[C@H](Nc2nc(OC(F)F)c3c(-c4ccc5nccnc5c4)ccn3n2)[C@H](F)C1. The normalized spacial score (nSPS) is 18.6. The molecule has 176 valence electrons. The number of nitrogens with zero attached hydrogens (tertiary/aromatic N) is 6. The number of hydrogen-bond donors (Lipinski definition) is 1. The van der Waals surface area contributed by atoms with Gasteiger partial charge >= 0.3 is 6.61 Å². The zero-order chi connectivity index (χ0) is 23.8. The topological polar surface area (TPSA) is 97.5 Å². The molecular formula is C22H20F3N7O2. The standard InChI is InChI=1S/C22H20F3N7O2/c1-12(33)31-8-5-16(15(23)11-31)28-22-29-20(34-21(24)25)19-14(4-9-32(19)30-22)13-2-3-17-18(10-13)27-7-6-26-17/h2-4,6-7,9-10,15-16,21H,5,8,11H2,1H3,(H,28,30)/t15-,16+/m1/s1. The second-order valence-electron chi connectivity index (χ2n) is 7.92. The lowest BCUT2D eigenvalue weighted by Gasteiger charge is -2.34. The number of piperidine rings is 1. The van der Waals surface area contributed by atoms with Crippen LogP contribution in [0, 0.1) is 0 Å². The van der Waals surface area contributed by atoms with Gasteiger partial charge < -0.3 is 15.0 Å². The van der Waals surface area contributed by atoms with E-state index in [-0.39, 0.29) is 29.8 Å². The van der Waals surface area contributed by atoms with Crippen LogP contribution in [0.25, 0.3) is 27.7 Å². The summed E-state index contributed by atoms with van der Waals surface area (Å²) in [4.78, 5) is 25.6. The predicted molar refractivity (Wildman–Crippen MR) is 117 cm³/mol. The number of amides is 1. The van der Waals surface area contributed by atoms with Gasteiger partial charge in [-0.2, -0.15) is 13.8 Å². The Balaban J connectivity index is 1.51. The van der Waals surface area contributed by atoms with Crippen LogP contribution in [0.4, 0.5) is 19.1 Å². The monoisotopic (exact) mass is 471 g/mol. The predicted octanol–water partition coefficient (Wildman–Crippen LogP) is 3.31. The van der Waals surface area contributed by atoms with Gasteiger partial charge in [0, 0.05) is 37.6 Å². The van der Waals surface area contributed by atoms with Gasteiger partial charge in [-0.1, -0.05) is 6.07 Å². The van der Waals surface area contributed by atoms with Crippen LogP contribution in [0.3, 0.4) is 0 Å². The number of benzene rings is 1. The zero-order valence-corrected chi connectivity index (χ0v) is 18.0. The van der Waals surface area contributed by atoms with Crippen molar-refractivity contribution in [1.82, 2.24) is 29.5 Å². The molecule has 4 aromatic rings. The molecule has 1 N–H and O–H groups in total. The zero-order valence-electron chi connectivity index (χ0n) is 18.0. The number of likely N-dealkylation sites (tertiary alicyclic amines) is 1. The lowest BCUT2D eigenvalue weighted by atomic mass is 10.0. The van der Waals surface area contributed by atoms with Crippen molar-refractivity contribution < 1.29 is 22.7 Å². The van der Waals surface area contributed by atoms with Crippen molar-refractivity contribution in [2.24, 2.45) is 0 Å². The first-order valence-corrected chi connectivity index (χ1v) is 10.6. The van der Waals surface area contributed by atoms with Gasteiger partial charge in [-0.3, -0.25) is 14.8 Å². The third kappa shape index (κ3) is 4.18. The van der Waals surface area contributed by atoms with Crippen LogP contribution in [-0.2, 0) is 4.79 Å². The molecule has 1 aliphatic heterocycles. The van der Waals surface area contributed by atoms with Crippen molar-refractivity contribution in [1.29, 1.82) is 0 Å². The van der Waals surface area contributed by atoms with E-state index in [1.54, 1.807) is 42.9 Å². The lowest BCUT2D eigenvalue weighted by Crippen LogP contribution is -2.49. The highest BCUT2D eigenvalue weighted by molar-refractivity contribution is 5.89. The fraction of sp³-hybridized carbons (Fsp3) is 0.318. The largest absolute Gasteiger partial charge is 0.414 e. The minimum atomic E-state index is -3.12. The quantitative estimate of drug-likeness (QED) is 0.477. The summed E-state index contributed by atoms with van der Waals surface area (Å²) in [6.07, 6.45) is 3.69. The van der Waals surface area contributed by atoms with Gasteiger partial charge in [0.1, 0.15) is 11.7 Å². The summed E-state index contributed by atoms with van der Waals surface area (Å²) in [5.74, 6) is -0.604.